The van der Waals surface area contributed by atoms with Gasteiger partial charge in [0, 0.05) is 14.1 Å². The van der Waals surface area contributed by atoms with E-state index in [-0.39, 0.29) is 5.78 Å². The van der Waals surface area contributed by atoms with Gasteiger partial charge in [0.2, 0.25) is 5.88 Å². The lowest BCUT2D eigenvalue weighted by Gasteiger charge is -2.04. The van der Waals surface area contributed by atoms with Crippen LogP contribution in [-0.2, 0) is 4.79 Å². The molecule has 0 N–H and O–H groups in total. The van der Waals surface area contributed by atoms with Crippen LogP contribution in [0.4, 0.5) is 5.13 Å². The summed E-state index contributed by atoms with van der Waals surface area (Å²) in [6.45, 7) is 1.51. The molecule has 0 amide bonds. The van der Waals surface area contributed by atoms with E-state index in [9.17, 15) is 4.79 Å². The van der Waals surface area contributed by atoms with Gasteiger partial charge in [-0.2, -0.15) is 4.98 Å². The van der Waals surface area contributed by atoms with E-state index in [1.54, 1.807) is 13.2 Å². The van der Waals surface area contributed by atoms with Crippen molar-refractivity contribution in [1.29, 1.82) is 0 Å². The van der Waals surface area contributed by atoms with Gasteiger partial charge < -0.3 is 9.64 Å². The first-order chi connectivity index (χ1) is 7.04. The molecule has 0 spiro atoms. The van der Waals surface area contributed by atoms with Crippen molar-refractivity contribution in [2.45, 2.75) is 6.92 Å². The zero-order valence-electron chi connectivity index (χ0n) is 9.27. The summed E-state index contributed by atoms with van der Waals surface area (Å²) in [5.74, 6) is 0.568. The number of hydrogen-bond donors (Lipinski definition) is 0. The van der Waals surface area contributed by atoms with E-state index in [1.807, 2.05) is 19.0 Å². The fourth-order valence-electron chi connectivity index (χ4n) is 0.943. The molecule has 0 radical (unpaired) electrons. The van der Waals surface area contributed by atoms with E-state index in [2.05, 4.69) is 4.98 Å². The minimum Gasteiger partial charge on any atom is -0.480 e. The van der Waals surface area contributed by atoms with Crippen molar-refractivity contribution < 1.29 is 9.53 Å². The van der Waals surface area contributed by atoms with Crippen molar-refractivity contribution in [3.63, 3.8) is 0 Å². The van der Waals surface area contributed by atoms with Crippen LogP contribution >= 0.6 is 11.3 Å². The summed E-state index contributed by atoms with van der Waals surface area (Å²) in [5.41, 5.74) is 0. The molecule has 1 heterocycles. The van der Waals surface area contributed by atoms with Crippen molar-refractivity contribution in [1.82, 2.24) is 4.98 Å². The molecule has 0 aliphatic carbocycles. The Labute approximate surface area is 93.2 Å². The number of carbonyl (C=O) groups excluding carboxylic acids is 1. The summed E-state index contributed by atoms with van der Waals surface area (Å²) < 4.78 is 5.12. The van der Waals surface area contributed by atoms with Crippen LogP contribution in [0.3, 0.4) is 0 Å². The molecular formula is C10H14N2O2S. The maximum Gasteiger partial charge on any atom is 0.233 e. The number of aromatic nitrogens is 1. The van der Waals surface area contributed by atoms with Crippen molar-refractivity contribution in [2.75, 3.05) is 26.1 Å². The first-order valence-electron chi connectivity index (χ1n) is 4.45. The summed E-state index contributed by atoms with van der Waals surface area (Å²) in [7, 11) is 5.40. The molecule has 4 nitrogen and oxygen atoms in total. The van der Waals surface area contributed by atoms with E-state index in [4.69, 9.17) is 4.74 Å². The molecular weight excluding hydrogens is 212 g/mol. The lowest BCUT2D eigenvalue weighted by Crippen LogP contribution is -2.07. The molecule has 0 aliphatic rings. The zero-order chi connectivity index (χ0) is 11.4. The minimum atomic E-state index is 0.0110. The topological polar surface area (TPSA) is 42.4 Å². The SMILES string of the molecule is COc1nc(N(C)C)sc1C=CC(C)=O. The van der Waals surface area contributed by atoms with E-state index in [1.165, 1.54) is 24.3 Å². The Bertz CT molecular complexity index is 383. The van der Waals surface area contributed by atoms with Crippen LogP contribution in [0.15, 0.2) is 6.08 Å². The number of nitrogens with zero attached hydrogens (tertiary/aromatic N) is 2. The number of anilines is 1. The van der Waals surface area contributed by atoms with Crippen LogP contribution in [0.25, 0.3) is 6.08 Å². The third-order valence-electron chi connectivity index (χ3n) is 1.65. The highest BCUT2D eigenvalue weighted by Crippen LogP contribution is 2.31. The van der Waals surface area contributed by atoms with Crippen LogP contribution in [-0.4, -0.2) is 32.0 Å². The number of thiazole rings is 1. The van der Waals surface area contributed by atoms with Gasteiger partial charge in [-0.05, 0) is 19.1 Å². The fraction of sp³-hybridized carbons (Fsp3) is 0.400. The number of allylic oxidation sites excluding steroid dienone is 1. The summed E-state index contributed by atoms with van der Waals surface area (Å²) >= 11 is 1.48. The second kappa shape index (κ2) is 4.93. The minimum absolute atomic E-state index is 0.0110. The average molecular weight is 226 g/mol. The fourth-order valence-corrected chi connectivity index (χ4v) is 1.80. The standard InChI is InChI=1S/C10H14N2O2S/c1-7(13)5-6-8-9(14-4)11-10(15-8)12(2)3/h5-6H,1-4H3. The van der Waals surface area contributed by atoms with E-state index < -0.39 is 0 Å². The van der Waals surface area contributed by atoms with Crippen molar-refractivity contribution in [3.05, 3.63) is 11.0 Å². The summed E-state index contributed by atoms with van der Waals surface area (Å²) in [4.78, 5) is 17.8. The number of hydrogen-bond acceptors (Lipinski definition) is 5. The molecule has 0 saturated heterocycles. The van der Waals surface area contributed by atoms with Crippen LogP contribution in [0.1, 0.15) is 11.8 Å². The van der Waals surface area contributed by atoms with Gasteiger partial charge in [0.15, 0.2) is 10.9 Å². The molecule has 1 rings (SSSR count). The summed E-state index contributed by atoms with van der Waals surface area (Å²) in [5, 5.41) is 0.857. The van der Waals surface area contributed by atoms with Crippen molar-refractivity contribution >= 4 is 28.3 Å². The van der Waals surface area contributed by atoms with E-state index >= 15 is 0 Å². The van der Waals surface area contributed by atoms with Gasteiger partial charge in [-0.3, -0.25) is 4.79 Å². The third-order valence-corrected chi connectivity index (χ3v) is 2.82. The van der Waals surface area contributed by atoms with Crippen LogP contribution in [0.2, 0.25) is 0 Å². The van der Waals surface area contributed by atoms with Gasteiger partial charge in [0.1, 0.15) is 0 Å². The van der Waals surface area contributed by atoms with Crippen LogP contribution < -0.4 is 9.64 Å². The molecule has 0 fully saturated rings. The predicted molar refractivity (Wildman–Crippen MR) is 62.7 cm³/mol. The Kier molecular flexibility index (Phi) is 3.85. The van der Waals surface area contributed by atoms with Gasteiger partial charge in [-0.1, -0.05) is 11.3 Å². The summed E-state index contributed by atoms with van der Waals surface area (Å²) in [6.07, 6.45) is 3.24. The van der Waals surface area contributed by atoms with Gasteiger partial charge in [0.05, 0.1) is 12.0 Å². The maximum absolute atomic E-state index is 10.8. The second-order valence-electron chi connectivity index (χ2n) is 3.21. The molecule has 1 aromatic rings. The molecule has 0 aliphatic heterocycles. The van der Waals surface area contributed by atoms with Crippen molar-refractivity contribution in [2.24, 2.45) is 0 Å². The average Bonchev–Trinajstić information content (AvgIpc) is 2.57. The molecule has 0 saturated carbocycles. The van der Waals surface area contributed by atoms with Gasteiger partial charge in [-0.15, -0.1) is 0 Å². The third kappa shape index (κ3) is 3.06. The maximum atomic E-state index is 10.8. The zero-order valence-corrected chi connectivity index (χ0v) is 10.1. The Balaban J connectivity index is 3.00. The number of rotatable bonds is 4. The van der Waals surface area contributed by atoms with Crippen LogP contribution in [0, 0.1) is 0 Å². The van der Waals surface area contributed by atoms with Crippen LogP contribution in [0.5, 0.6) is 5.88 Å². The lowest BCUT2D eigenvalue weighted by atomic mass is 10.3. The van der Waals surface area contributed by atoms with Gasteiger partial charge >= 0.3 is 0 Å². The first-order valence-corrected chi connectivity index (χ1v) is 5.27. The quantitative estimate of drug-likeness (QED) is 0.734. The Hall–Kier alpha value is -1.36. The number of carbonyl (C=O) groups is 1. The highest BCUT2D eigenvalue weighted by molar-refractivity contribution is 7.16. The predicted octanol–water partition coefficient (Wildman–Crippen LogP) is 1.82. The summed E-state index contributed by atoms with van der Waals surface area (Å²) in [6, 6.07) is 0. The largest absolute Gasteiger partial charge is 0.480 e. The number of ketones is 1. The molecule has 5 heteroatoms. The Morgan fingerprint density at radius 2 is 2.20 bits per heavy atom. The lowest BCUT2D eigenvalue weighted by molar-refractivity contribution is -0.112. The highest BCUT2D eigenvalue weighted by atomic mass is 32.1. The Morgan fingerprint density at radius 3 is 2.67 bits per heavy atom. The molecule has 82 valence electrons. The monoisotopic (exact) mass is 226 g/mol. The van der Waals surface area contributed by atoms with E-state index in [0.717, 1.165) is 10.0 Å². The molecule has 0 unspecified atom stereocenters. The van der Waals surface area contributed by atoms with Crippen molar-refractivity contribution in [3.8, 4) is 5.88 Å². The second-order valence-corrected chi connectivity index (χ2v) is 4.22. The van der Waals surface area contributed by atoms with Gasteiger partial charge in [0.25, 0.3) is 0 Å². The first kappa shape index (κ1) is 11.7. The number of ether oxygens (including phenoxy) is 1. The normalized spacial score (nSPS) is 10.7. The molecule has 15 heavy (non-hydrogen) atoms. The van der Waals surface area contributed by atoms with Gasteiger partial charge in [-0.25, -0.2) is 0 Å². The number of methoxy groups -OCH3 is 1. The molecule has 0 aromatic carbocycles. The molecule has 0 atom stereocenters. The molecule has 0 bridgehead atoms. The highest BCUT2D eigenvalue weighted by Gasteiger charge is 2.10. The smallest absolute Gasteiger partial charge is 0.233 e. The molecule has 1 aromatic heterocycles. The van der Waals surface area contributed by atoms with E-state index in [0.29, 0.717) is 5.88 Å². The Morgan fingerprint density at radius 1 is 1.53 bits per heavy atom.